The molecule has 0 saturated heterocycles. The largest absolute Gasteiger partial charge is 0.467 e. The SMILES string of the molecule is COC(=O)C(C)Nc1ccc(F)cc1C. The van der Waals surface area contributed by atoms with E-state index in [4.69, 9.17) is 0 Å². The number of esters is 1. The predicted octanol–water partition coefficient (Wildman–Crippen LogP) is 2.11. The molecule has 1 atom stereocenters. The lowest BCUT2D eigenvalue weighted by Crippen LogP contribution is -2.27. The van der Waals surface area contributed by atoms with Crippen LogP contribution in [0.4, 0.5) is 10.1 Å². The maximum Gasteiger partial charge on any atom is 0.327 e. The van der Waals surface area contributed by atoms with E-state index in [1.807, 2.05) is 0 Å². The van der Waals surface area contributed by atoms with Gasteiger partial charge in [0.25, 0.3) is 0 Å². The number of aryl methyl sites for hydroxylation is 1. The quantitative estimate of drug-likeness (QED) is 0.778. The zero-order valence-corrected chi connectivity index (χ0v) is 9.00. The third-order valence-electron chi connectivity index (χ3n) is 2.12. The summed E-state index contributed by atoms with van der Waals surface area (Å²) in [5, 5.41) is 2.95. The molecule has 4 heteroatoms. The molecule has 0 spiro atoms. The molecule has 15 heavy (non-hydrogen) atoms. The van der Waals surface area contributed by atoms with Crippen LogP contribution in [-0.4, -0.2) is 19.1 Å². The van der Waals surface area contributed by atoms with E-state index in [0.717, 1.165) is 11.3 Å². The molecule has 0 aliphatic rings. The van der Waals surface area contributed by atoms with Crippen LogP contribution < -0.4 is 5.32 Å². The number of ether oxygens (including phenoxy) is 1. The minimum absolute atomic E-state index is 0.288. The van der Waals surface area contributed by atoms with Gasteiger partial charge >= 0.3 is 5.97 Å². The van der Waals surface area contributed by atoms with Crippen LogP contribution in [0, 0.1) is 12.7 Å². The second-order valence-corrected chi connectivity index (χ2v) is 3.35. The average molecular weight is 211 g/mol. The Hall–Kier alpha value is -1.58. The van der Waals surface area contributed by atoms with Gasteiger partial charge in [0.05, 0.1) is 7.11 Å². The Kier molecular flexibility index (Phi) is 3.66. The smallest absolute Gasteiger partial charge is 0.327 e. The van der Waals surface area contributed by atoms with Gasteiger partial charge in [0, 0.05) is 5.69 Å². The number of halogens is 1. The van der Waals surface area contributed by atoms with Gasteiger partial charge in [-0.1, -0.05) is 0 Å². The second-order valence-electron chi connectivity index (χ2n) is 3.35. The standard InChI is InChI=1S/C11H14FNO2/c1-7-6-9(12)4-5-10(7)13-8(2)11(14)15-3/h4-6,8,13H,1-3H3. The highest BCUT2D eigenvalue weighted by Gasteiger charge is 2.13. The molecule has 0 bridgehead atoms. The van der Waals surface area contributed by atoms with Crippen LogP contribution >= 0.6 is 0 Å². The molecule has 1 rings (SSSR count). The van der Waals surface area contributed by atoms with Gasteiger partial charge < -0.3 is 10.1 Å². The summed E-state index contributed by atoms with van der Waals surface area (Å²) in [6, 6.07) is 3.91. The number of anilines is 1. The number of hydrogen-bond acceptors (Lipinski definition) is 3. The summed E-state index contributed by atoms with van der Waals surface area (Å²) in [6.07, 6.45) is 0. The first-order chi connectivity index (χ1) is 7.04. The fourth-order valence-corrected chi connectivity index (χ4v) is 1.26. The van der Waals surface area contributed by atoms with Gasteiger partial charge in [0.15, 0.2) is 0 Å². The Balaban J connectivity index is 2.76. The van der Waals surface area contributed by atoms with E-state index in [0.29, 0.717) is 0 Å². The molecule has 3 nitrogen and oxygen atoms in total. The van der Waals surface area contributed by atoms with Crippen LogP contribution in [0.25, 0.3) is 0 Å². The predicted molar refractivity (Wildman–Crippen MR) is 56.2 cm³/mol. The second kappa shape index (κ2) is 4.77. The van der Waals surface area contributed by atoms with Crippen LogP contribution in [0.3, 0.4) is 0 Å². The van der Waals surface area contributed by atoms with Crippen molar-refractivity contribution in [2.45, 2.75) is 19.9 Å². The first-order valence-electron chi connectivity index (χ1n) is 4.65. The highest BCUT2D eigenvalue weighted by atomic mass is 19.1. The number of methoxy groups -OCH3 is 1. The lowest BCUT2D eigenvalue weighted by Gasteiger charge is -2.14. The van der Waals surface area contributed by atoms with Crippen molar-refractivity contribution < 1.29 is 13.9 Å². The first-order valence-corrected chi connectivity index (χ1v) is 4.65. The fourth-order valence-electron chi connectivity index (χ4n) is 1.26. The Morgan fingerprint density at radius 3 is 2.73 bits per heavy atom. The molecule has 0 saturated carbocycles. The van der Waals surface area contributed by atoms with E-state index < -0.39 is 6.04 Å². The Morgan fingerprint density at radius 1 is 1.53 bits per heavy atom. The van der Waals surface area contributed by atoms with E-state index in [1.165, 1.54) is 19.2 Å². The average Bonchev–Trinajstić information content (AvgIpc) is 2.20. The van der Waals surface area contributed by atoms with Crippen molar-refractivity contribution in [3.05, 3.63) is 29.6 Å². The molecule has 1 N–H and O–H groups in total. The molecule has 0 heterocycles. The van der Waals surface area contributed by atoms with Crippen LogP contribution in [0.1, 0.15) is 12.5 Å². The summed E-state index contributed by atoms with van der Waals surface area (Å²) in [6.45, 7) is 3.46. The number of hydrogen-bond donors (Lipinski definition) is 1. The summed E-state index contributed by atoms with van der Waals surface area (Å²) < 4.78 is 17.4. The summed E-state index contributed by atoms with van der Waals surface area (Å²) in [5.41, 5.74) is 1.49. The lowest BCUT2D eigenvalue weighted by molar-refractivity contribution is -0.141. The fraction of sp³-hybridized carbons (Fsp3) is 0.364. The molecule has 1 unspecified atom stereocenters. The summed E-state index contributed by atoms with van der Waals surface area (Å²) >= 11 is 0. The van der Waals surface area contributed by atoms with E-state index in [2.05, 4.69) is 10.1 Å². The first kappa shape index (κ1) is 11.5. The minimum Gasteiger partial charge on any atom is -0.467 e. The van der Waals surface area contributed by atoms with Crippen molar-refractivity contribution in [2.75, 3.05) is 12.4 Å². The highest BCUT2D eigenvalue weighted by molar-refractivity contribution is 5.79. The third-order valence-corrected chi connectivity index (χ3v) is 2.12. The molecule has 1 aromatic carbocycles. The summed E-state index contributed by atoms with van der Waals surface area (Å²) in [5.74, 6) is -0.637. The molecule has 0 amide bonds. The van der Waals surface area contributed by atoms with Gasteiger partial charge in [-0.15, -0.1) is 0 Å². The highest BCUT2D eigenvalue weighted by Crippen LogP contribution is 2.16. The Labute approximate surface area is 88.2 Å². The van der Waals surface area contributed by atoms with E-state index in [-0.39, 0.29) is 11.8 Å². The monoisotopic (exact) mass is 211 g/mol. The van der Waals surface area contributed by atoms with Crippen molar-refractivity contribution in [2.24, 2.45) is 0 Å². The molecule has 0 aliphatic carbocycles. The zero-order chi connectivity index (χ0) is 11.4. The maximum absolute atomic E-state index is 12.8. The van der Waals surface area contributed by atoms with Gasteiger partial charge in [-0.3, -0.25) is 0 Å². The Bertz CT molecular complexity index is 366. The van der Waals surface area contributed by atoms with Crippen LogP contribution in [-0.2, 0) is 9.53 Å². The molecular formula is C11H14FNO2. The topological polar surface area (TPSA) is 38.3 Å². The molecule has 0 aliphatic heterocycles. The molecular weight excluding hydrogens is 197 g/mol. The molecule has 1 aromatic rings. The maximum atomic E-state index is 12.8. The van der Waals surface area contributed by atoms with Gasteiger partial charge in [-0.25, -0.2) is 9.18 Å². The van der Waals surface area contributed by atoms with Crippen molar-refractivity contribution in [1.29, 1.82) is 0 Å². The van der Waals surface area contributed by atoms with Crippen LogP contribution in [0.5, 0.6) is 0 Å². The van der Waals surface area contributed by atoms with E-state index in [1.54, 1.807) is 19.9 Å². The Morgan fingerprint density at radius 2 is 2.20 bits per heavy atom. The van der Waals surface area contributed by atoms with Gasteiger partial charge in [-0.2, -0.15) is 0 Å². The van der Waals surface area contributed by atoms with Crippen LogP contribution in [0.15, 0.2) is 18.2 Å². The molecule has 0 fully saturated rings. The number of carbonyl (C=O) groups excluding carboxylic acids is 1. The number of benzene rings is 1. The van der Waals surface area contributed by atoms with Crippen molar-refractivity contribution in [3.63, 3.8) is 0 Å². The summed E-state index contributed by atoms with van der Waals surface area (Å²) in [4.78, 5) is 11.1. The number of carbonyl (C=O) groups is 1. The zero-order valence-electron chi connectivity index (χ0n) is 9.00. The normalized spacial score (nSPS) is 12.0. The third kappa shape index (κ3) is 2.94. The molecule has 82 valence electrons. The lowest BCUT2D eigenvalue weighted by atomic mass is 10.2. The van der Waals surface area contributed by atoms with Crippen molar-refractivity contribution >= 4 is 11.7 Å². The van der Waals surface area contributed by atoms with Gasteiger partial charge in [0.2, 0.25) is 0 Å². The van der Waals surface area contributed by atoms with Crippen molar-refractivity contribution in [3.8, 4) is 0 Å². The number of nitrogens with one attached hydrogen (secondary N) is 1. The summed E-state index contributed by atoms with van der Waals surface area (Å²) in [7, 11) is 1.33. The van der Waals surface area contributed by atoms with Crippen molar-refractivity contribution in [1.82, 2.24) is 0 Å². The molecule has 0 aromatic heterocycles. The van der Waals surface area contributed by atoms with E-state index >= 15 is 0 Å². The van der Waals surface area contributed by atoms with Crippen LogP contribution in [0.2, 0.25) is 0 Å². The number of rotatable bonds is 3. The van der Waals surface area contributed by atoms with Gasteiger partial charge in [-0.05, 0) is 37.6 Å². The van der Waals surface area contributed by atoms with Gasteiger partial charge in [0.1, 0.15) is 11.9 Å². The minimum atomic E-state index is -0.445. The molecule has 0 radical (unpaired) electrons. The van der Waals surface area contributed by atoms with E-state index in [9.17, 15) is 9.18 Å².